The number of hydrogen-bond donors (Lipinski definition) is 1. The molecule has 0 spiro atoms. The topological polar surface area (TPSA) is 76.6 Å². The van der Waals surface area contributed by atoms with Crippen molar-refractivity contribution in [1.82, 2.24) is 14.9 Å². The van der Waals surface area contributed by atoms with E-state index >= 15 is 0 Å². The van der Waals surface area contributed by atoms with Gasteiger partial charge in [0.15, 0.2) is 11.5 Å². The van der Waals surface area contributed by atoms with Crippen molar-refractivity contribution in [2.24, 2.45) is 0 Å². The van der Waals surface area contributed by atoms with Gasteiger partial charge in [0.1, 0.15) is 0 Å². The van der Waals surface area contributed by atoms with E-state index in [9.17, 15) is 4.79 Å². The molecule has 2 aliphatic rings. The molecule has 124 valence electrons. The molecule has 1 aromatic heterocycles. The summed E-state index contributed by atoms with van der Waals surface area (Å²) in [5, 5.41) is 3.14. The van der Waals surface area contributed by atoms with Crippen molar-refractivity contribution in [3.05, 3.63) is 41.7 Å². The molecule has 1 aromatic carbocycles. The monoisotopic (exact) mass is 326 g/mol. The van der Waals surface area contributed by atoms with Crippen LogP contribution in [0.15, 0.2) is 30.6 Å². The Balaban J connectivity index is 1.37. The summed E-state index contributed by atoms with van der Waals surface area (Å²) in [4.78, 5) is 22.6. The van der Waals surface area contributed by atoms with Gasteiger partial charge in [0.2, 0.25) is 12.7 Å². The van der Waals surface area contributed by atoms with E-state index in [1.807, 2.05) is 23.1 Å². The highest BCUT2D eigenvalue weighted by Gasteiger charge is 2.20. The SMILES string of the molecule is O=C(c1cnc(NCc2ccc3c(c2)OCO3)nc1)N1CCCC1. The van der Waals surface area contributed by atoms with Crippen molar-refractivity contribution < 1.29 is 14.3 Å². The number of hydrogen-bond acceptors (Lipinski definition) is 6. The Morgan fingerprint density at radius 2 is 1.88 bits per heavy atom. The number of fused-ring (bicyclic) bond motifs is 1. The van der Waals surface area contributed by atoms with Crippen LogP contribution in [0.4, 0.5) is 5.95 Å². The van der Waals surface area contributed by atoms with E-state index in [-0.39, 0.29) is 12.7 Å². The molecule has 0 bridgehead atoms. The van der Waals surface area contributed by atoms with Crippen LogP contribution in [0, 0.1) is 0 Å². The number of likely N-dealkylation sites (tertiary alicyclic amines) is 1. The van der Waals surface area contributed by atoms with Crippen LogP contribution in [0.25, 0.3) is 0 Å². The summed E-state index contributed by atoms with van der Waals surface area (Å²) in [6.07, 6.45) is 5.30. The number of carbonyl (C=O) groups excluding carboxylic acids is 1. The summed E-state index contributed by atoms with van der Waals surface area (Å²) in [6, 6.07) is 5.78. The van der Waals surface area contributed by atoms with Crippen LogP contribution in [0.2, 0.25) is 0 Å². The van der Waals surface area contributed by atoms with Crippen molar-refractivity contribution in [1.29, 1.82) is 0 Å². The first-order valence-corrected chi connectivity index (χ1v) is 8.03. The third kappa shape index (κ3) is 2.97. The van der Waals surface area contributed by atoms with Crippen molar-refractivity contribution in [2.75, 3.05) is 25.2 Å². The van der Waals surface area contributed by atoms with E-state index in [1.165, 1.54) is 0 Å². The lowest BCUT2D eigenvalue weighted by Crippen LogP contribution is -2.27. The number of rotatable bonds is 4. The van der Waals surface area contributed by atoms with E-state index in [0.717, 1.165) is 43.0 Å². The molecule has 1 amide bonds. The number of ether oxygens (including phenoxy) is 2. The quantitative estimate of drug-likeness (QED) is 0.927. The van der Waals surface area contributed by atoms with Gasteiger partial charge in [-0.1, -0.05) is 6.07 Å². The number of aromatic nitrogens is 2. The van der Waals surface area contributed by atoms with E-state index in [0.29, 0.717) is 18.1 Å². The summed E-state index contributed by atoms with van der Waals surface area (Å²) in [5.41, 5.74) is 1.57. The molecule has 2 aromatic rings. The number of benzene rings is 1. The van der Waals surface area contributed by atoms with Crippen LogP contribution in [0.3, 0.4) is 0 Å². The Kier molecular flexibility index (Phi) is 3.90. The van der Waals surface area contributed by atoms with Gasteiger partial charge in [-0.05, 0) is 30.5 Å². The predicted octanol–water partition coefficient (Wildman–Crippen LogP) is 2.05. The molecule has 1 saturated heterocycles. The standard InChI is InChI=1S/C17H18N4O3/c22-16(21-5-1-2-6-21)13-9-19-17(20-10-13)18-8-12-3-4-14-15(7-12)24-11-23-14/h3-4,7,9-10H,1-2,5-6,8,11H2,(H,18,19,20). The molecule has 0 saturated carbocycles. The largest absolute Gasteiger partial charge is 0.454 e. The normalized spacial score (nSPS) is 15.6. The minimum atomic E-state index is 0.00909. The number of nitrogens with one attached hydrogen (secondary N) is 1. The zero-order valence-electron chi connectivity index (χ0n) is 13.2. The van der Waals surface area contributed by atoms with Crippen LogP contribution < -0.4 is 14.8 Å². The molecule has 24 heavy (non-hydrogen) atoms. The Labute approximate surface area is 139 Å². The minimum Gasteiger partial charge on any atom is -0.454 e. The van der Waals surface area contributed by atoms with Crippen LogP contribution in [0.1, 0.15) is 28.8 Å². The number of amides is 1. The first-order valence-electron chi connectivity index (χ1n) is 8.03. The zero-order chi connectivity index (χ0) is 16.4. The van der Waals surface area contributed by atoms with Gasteiger partial charge in [0.05, 0.1) is 5.56 Å². The Morgan fingerprint density at radius 1 is 1.12 bits per heavy atom. The summed E-state index contributed by atoms with van der Waals surface area (Å²) in [7, 11) is 0. The first kappa shape index (κ1) is 14.7. The molecule has 2 aliphatic heterocycles. The lowest BCUT2D eigenvalue weighted by atomic mass is 10.2. The van der Waals surface area contributed by atoms with Crippen molar-refractivity contribution >= 4 is 11.9 Å². The molecule has 1 N–H and O–H groups in total. The van der Waals surface area contributed by atoms with Gasteiger partial charge >= 0.3 is 0 Å². The van der Waals surface area contributed by atoms with Gasteiger partial charge < -0.3 is 19.7 Å². The van der Waals surface area contributed by atoms with E-state index in [4.69, 9.17) is 9.47 Å². The molecule has 1 fully saturated rings. The van der Waals surface area contributed by atoms with Crippen molar-refractivity contribution in [3.8, 4) is 11.5 Å². The minimum absolute atomic E-state index is 0.00909. The molecular formula is C17H18N4O3. The second-order valence-corrected chi connectivity index (χ2v) is 5.84. The first-order chi connectivity index (χ1) is 11.8. The maximum atomic E-state index is 12.2. The van der Waals surface area contributed by atoms with Gasteiger partial charge in [-0.15, -0.1) is 0 Å². The van der Waals surface area contributed by atoms with Gasteiger partial charge in [-0.2, -0.15) is 0 Å². The second-order valence-electron chi connectivity index (χ2n) is 5.84. The highest BCUT2D eigenvalue weighted by Crippen LogP contribution is 2.32. The second kappa shape index (κ2) is 6.35. The average Bonchev–Trinajstić information content (AvgIpc) is 3.31. The lowest BCUT2D eigenvalue weighted by molar-refractivity contribution is 0.0792. The molecule has 0 atom stereocenters. The van der Waals surface area contributed by atoms with E-state index in [1.54, 1.807) is 12.4 Å². The van der Waals surface area contributed by atoms with Gasteiger partial charge in [-0.3, -0.25) is 4.79 Å². The van der Waals surface area contributed by atoms with E-state index < -0.39 is 0 Å². The average molecular weight is 326 g/mol. The van der Waals surface area contributed by atoms with E-state index in [2.05, 4.69) is 15.3 Å². The zero-order valence-corrected chi connectivity index (χ0v) is 13.2. The van der Waals surface area contributed by atoms with Crippen molar-refractivity contribution in [3.63, 3.8) is 0 Å². The van der Waals surface area contributed by atoms with Crippen LogP contribution in [-0.2, 0) is 6.54 Å². The van der Waals surface area contributed by atoms with Gasteiger partial charge in [-0.25, -0.2) is 9.97 Å². The summed E-state index contributed by atoms with van der Waals surface area (Å²) in [6.45, 7) is 2.48. The number of nitrogens with zero attached hydrogens (tertiary/aromatic N) is 3. The molecule has 3 heterocycles. The molecule has 0 radical (unpaired) electrons. The lowest BCUT2D eigenvalue weighted by Gasteiger charge is -2.14. The fourth-order valence-corrected chi connectivity index (χ4v) is 2.86. The highest BCUT2D eigenvalue weighted by atomic mass is 16.7. The maximum absolute atomic E-state index is 12.2. The molecular weight excluding hydrogens is 308 g/mol. The number of anilines is 1. The number of carbonyl (C=O) groups is 1. The molecule has 0 aliphatic carbocycles. The highest BCUT2D eigenvalue weighted by molar-refractivity contribution is 5.93. The van der Waals surface area contributed by atoms with Gasteiger partial charge in [0.25, 0.3) is 5.91 Å². The Hall–Kier alpha value is -2.83. The van der Waals surface area contributed by atoms with Crippen LogP contribution >= 0.6 is 0 Å². The fourth-order valence-electron chi connectivity index (χ4n) is 2.86. The fraction of sp³-hybridized carbons (Fsp3) is 0.353. The Morgan fingerprint density at radius 3 is 2.67 bits per heavy atom. The maximum Gasteiger partial charge on any atom is 0.256 e. The molecule has 0 unspecified atom stereocenters. The van der Waals surface area contributed by atoms with Gasteiger partial charge in [0, 0.05) is 32.0 Å². The smallest absolute Gasteiger partial charge is 0.256 e. The van der Waals surface area contributed by atoms with Crippen LogP contribution in [0.5, 0.6) is 11.5 Å². The van der Waals surface area contributed by atoms with Crippen molar-refractivity contribution in [2.45, 2.75) is 19.4 Å². The predicted molar refractivity (Wildman–Crippen MR) is 87.1 cm³/mol. The van der Waals surface area contributed by atoms with Crippen LogP contribution in [-0.4, -0.2) is 40.7 Å². The molecule has 4 rings (SSSR count). The molecule has 7 nitrogen and oxygen atoms in total. The summed E-state index contributed by atoms with van der Waals surface area (Å²) < 4.78 is 10.6. The third-order valence-corrected chi connectivity index (χ3v) is 4.18. The molecule has 7 heteroatoms. The Bertz CT molecular complexity index is 742. The third-order valence-electron chi connectivity index (χ3n) is 4.18. The summed E-state index contributed by atoms with van der Waals surface area (Å²) >= 11 is 0. The summed E-state index contributed by atoms with van der Waals surface area (Å²) in [5.74, 6) is 2.02.